The first-order chi connectivity index (χ1) is 10.9. The van der Waals surface area contributed by atoms with Crippen molar-refractivity contribution in [3.8, 4) is 0 Å². The second-order valence-corrected chi connectivity index (χ2v) is 5.94. The summed E-state index contributed by atoms with van der Waals surface area (Å²) in [6, 6.07) is 8.70. The topological polar surface area (TPSA) is 92.5 Å². The van der Waals surface area contributed by atoms with Gasteiger partial charge in [-0.25, -0.2) is 0 Å². The van der Waals surface area contributed by atoms with Gasteiger partial charge in [0.1, 0.15) is 5.00 Å². The number of primary amides is 1. The van der Waals surface area contributed by atoms with Gasteiger partial charge in [0.25, 0.3) is 11.8 Å². The molecule has 2 aromatic rings. The van der Waals surface area contributed by atoms with Crippen LogP contribution in [0.4, 0.5) is 5.00 Å². The summed E-state index contributed by atoms with van der Waals surface area (Å²) < 4.78 is 0. The van der Waals surface area contributed by atoms with E-state index in [9.17, 15) is 14.4 Å². The van der Waals surface area contributed by atoms with Crippen LogP contribution in [0.2, 0.25) is 0 Å². The highest BCUT2D eigenvalue weighted by Crippen LogP contribution is 2.27. The lowest BCUT2D eigenvalue weighted by Crippen LogP contribution is -2.35. The Balaban J connectivity index is 2.03. The van der Waals surface area contributed by atoms with E-state index >= 15 is 0 Å². The number of nitrogens with zero attached hydrogens (tertiary/aromatic N) is 1. The Hall–Kier alpha value is -2.67. The highest BCUT2D eigenvalue weighted by atomic mass is 32.1. The van der Waals surface area contributed by atoms with E-state index in [1.165, 1.54) is 16.2 Å². The standard InChI is InChI=1S/C16H17N3O3S/c1-10-9-23-15(13(10)14(17)21)18-12(20)8-19(2)16(22)11-6-4-3-5-7-11/h3-7,9H,8H2,1-2H3,(H2,17,21)(H,18,20). The molecule has 0 saturated heterocycles. The van der Waals surface area contributed by atoms with Gasteiger partial charge >= 0.3 is 0 Å². The van der Waals surface area contributed by atoms with E-state index in [0.717, 1.165) is 0 Å². The predicted octanol–water partition coefficient (Wildman–Crippen LogP) is 1.87. The minimum atomic E-state index is -0.590. The number of nitrogens with two attached hydrogens (primary N) is 1. The molecule has 0 aliphatic rings. The van der Waals surface area contributed by atoms with Crippen LogP contribution in [0.5, 0.6) is 0 Å². The van der Waals surface area contributed by atoms with E-state index in [4.69, 9.17) is 5.73 Å². The lowest BCUT2D eigenvalue weighted by molar-refractivity contribution is -0.116. The van der Waals surface area contributed by atoms with Gasteiger partial charge in [-0.05, 0) is 30.0 Å². The number of amides is 3. The first-order valence-corrected chi connectivity index (χ1v) is 7.76. The monoisotopic (exact) mass is 331 g/mol. The van der Waals surface area contributed by atoms with E-state index < -0.39 is 5.91 Å². The molecule has 0 aliphatic carbocycles. The van der Waals surface area contributed by atoms with Gasteiger partial charge in [0.2, 0.25) is 5.91 Å². The molecule has 0 unspecified atom stereocenters. The molecule has 0 bridgehead atoms. The van der Waals surface area contributed by atoms with Gasteiger partial charge in [-0.3, -0.25) is 14.4 Å². The second kappa shape index (κ2) is 7.06. The lowest BCUT2D eigenvalue weighted by atomic mass is 10.2. The number of hydrogen-bond donors (Lipinski definition) is 2. The normalized spacial score (nSPS) is 10.2. The number of hydrogen-bond acceptors (Lipinski definition) is 4. The molecule has 0 atom stereocenters. The van der Waals surface area contributed by atoms with Gasteiger partial charge < -0.3 is 16.0 Å². The molecule has 7 heteroatoms. The van der Waals surface area contributed by atoms with Crippen molar-refractivity contribution in [2.45, 2.75) is 6.92 Å². The zero-order valence-corrected chi connectivity index (χ0v) is 13.6. The van der Waals surface area contributed by atoms with E-state index in [-0.39, 0.29) is 18.4 Å². The second-order valence-electron chi connectivity index (χ2n) is 5.06. The number of carbonyl (C=O) groups excluding carboxylic acids is 3. The van der Waals surface area contributed by atoms with Crippen molar-refractivity contribution in [1.29, 1.82) is 0 Å². The molecule has 1 aromatic heterocycles. The summed E-state index contributed by atoms with van der Waals surface area (Å²) in [7, 11) is 1.55. The molecule has 120 valence electrons. The predicted molar refractivity (Wildman–Crippen MR) is 89.6 cm³/mol. The van der Waals surface area contributed by atoms with E-state index in [1.54, 1.807) is 43.6 Å². The molecule has 0 spiro atoms. The Morgan fingerprint density at radius 2 is 1.87 bits per heavy atom. The molecular formula is C16H17N3O3S. The fourth-order valence-corrected chi connectivity index (χ4v) is 3.06. The highest BCUT2D eigenvalue weighted by molar-refractivity contribution is 7.15. The van der Waals surface area contributed by atoms with Gasteiger partial charge in [0.15, 0.2) is 0 Å². The zero-order chi connectivity index (χ0) is 17.0. The molecule has 0 saturated carbocycles. The van der Waals surface area contributed by atoms with Crippen LogP contribution in [0, 0.1) is 6.92 Å². The molecule has 0 aliphatic heterocycles. The molecule has 1 aromatic carbocycles. The summed E-state index contributed by atoms with van der Waals surface area (Å²) in [6.07, 6.45) is 0. The third-order valence-electron chi connectivity index (χ3n) is 3.22. The SMILES string of the molecule is Cc1csc(NC(=O)CN(C)C(=O)c2ccccc2)c1C(N)=O. The molecule has 0 radical (unpaired) electrons. The van der Waals surface area contributed by atoms with Crippen LogP contribution >= 0.6 is 11.3 Å². The number of carbonyl (C=O) groups is 3. The maximum atomic E-state index is 12.2. The highest BCUT2D eigenvalue weighted by Gasteiger charge is 2.18. The number of anilines is 1. The Labute approximate surface area is 137 Å². The van der Waals surface area contributed by atoms with Gasteiger partial charge in [-0.15, -0.1) is 11.3 Å². The summed E-state index contributed by atoms with van der Waals surface area (Å²) in [5.41, 5.74) is 6.84. The summed E-state index contributed by atoms with van der Waals surface area (Å²) >= 11 is 1.23. The maximum absolute atomic E-state index is 12.2. The van der Waals surface area contributed by atoms with Crippen LogP contribution in [0.1, 0.15) is 26.3 Å². The van der Waals surface area contributed by atoms with Crippen molar-refractivity contribution in [2.24, 2.45) is 5.73 Å². The minimum absolute atomic E-state index is 0.122. The fraction of sp³-hybridized carbons (Fsp3) is 0.188. The average molecular weight is 331 g/mol. The maximum Gasteiger partial charge on any atom is 0.254 e. The van der Waals surface area contributed by atoms with Crippen LogP contribution in [-0.4, -0.2) is 36.2 Å². The van der Waals surface area contributed by atoms with Crippen molar-refractivity contribution in [2.75, 3.05) is 18.9 Å². The van der Waals surface area contributed by atoms with Gasteiger partial charge in [-0.1, -0.05) is 18.2 Å². The van der Waals surface area contributed by atoms with E-state index in [0.29, 0.717) is 21.7 Å². The molecule has 23 heavy (non-hydrogen) atoms. The molecular weight excluding hydrogens is 314 g/mol. The van der Waals surface area contributed by atoms with Crippen molar-refractivity contribution in [1.82, 2.24) is 4.90 Å². The Kier molecular flexibility index (Phi) is 5.13. The number of rotatable bonds is 5. The number of benzene rings is 1. The van der Waals surface area contributed by atoms with Gasteiger partial charge in [0, 0.05) is 12.6 Å². The summed E-state index contributed by atoms with van der Waals surface area (Å²) in [6.45, 7) is 1.63. The Bertz CT molecular complexity index is 740. The summed E-state index contributed by atoms with van der Waals surface area (Å²) in [4.78, 5) is 37.0. The molecule has 3 amide bonds. The Morgan fingerprint density at radius 1 is 1.22 bits per heavy atom. The van der Waals surface area contributed by atoms with Crippen molar-refractivity contribution < 1.29 is 14.4 Å². The Morgan fingerprint density at radius 3 is 2.48 bits per heavy atom. The first kappa shape index (κ1) is 16.7. The first-order valence-electron chi connectivity index (χ1n) is 6.88. The van der Waals surface area contributed by atoms with E-state index in [1.807, 2.05) is 6.07 Å². The average Bonchev–Trinajstić information content (AvgIpc) is 2.87. The largest absolute Gasteiger partial charge is 0.365 e. The molecule has 0 fully saturated rings. The smallest absolute Gasteiger partial charge is 0.254 e. The fourth-order valence-electron chi connectivity index (χ4n) is 2.10. The summed E-state index contributed by atoms with van der Waals surface area (Å²) in [5.74, 6) is -1.23. The molecule has 1 heterocycles. The van der Waals surface area contributed by atoms with Crippen LogP contribution in [-0.2, 0) is 4.79 Å². The van der Waals surface area contributed by atoms with Crippen molar-refractivity contribution in [3.05, 3.63) is 52.4 Å². The number of likely N-dealkylation sites (N-methyl/N-ethyl adjacent to an activating group) is 1. The van der Waals surface area contributed by atoms with Crippen LogP contribution < -0.4 is 11.1 Å². The molecule has 3 N–H and O–H groups in total. The van der Waals surface area contributed by atoms with Gasteiger partial charge in [0.05, 0.1) is 12.1 Å². The third-order valence-corrected chi connectivity index (χ3v) is 4.24. The zero-order valence-electron chi connectivity index (χ0n) is 12.8. The number of aryl methyl sites for hydroxylation is 1. The minimum Gasteiger partial charge on any atom is -0.365 e. The third kappa shape index (κ3) is 3.95. The van der Waals surface area contributed by atoms with Crippen molar-refractivity contribution in [3.63, 3.8) is 0 Å². The quantitative estimate of drug-likeness (QED) is 0.876. The van der Waals surface area contributed by atoms with E-state index in [2.05, 4.69) is 5.32 Å². The van der Waals surface area contributed by atoms with Crippen LogP contribution in [0.25, 0.3) is 0 Å². The van der Waals surface area contributed by atoms with Crippen LogP contribution in [0.15, 0.2) is 35.7 Å². The van der Waals surface area contributed by atoms with Gasteiger partial charge in [-0.2, -0.15) is 0 Å². The number of nitrogens with one attached hydrogen (secondary N) is 1. The van der Waals surface area contributed by atoms with Crippen LogP contribution in [0.3, 0.4) is 0 Å². The lowest BCUT2D eigenvalue weighted by Gasteiger charge is -2.16. The summed E-state index contributed by atoms with van der Waals surface area (Å²) in [5, 5.41) is 4.78. The number of thiophene rings is 1. The molecule has 6 nitrogen and oxygen atoms in total. The molecule has 2 rings (SSSR count). The van der Waals surface area contributed by atoms with Crippen molar-refractivity contribution >= 4 is 34.1 Å².